The first-order valence-corrected chi connectivity index (χ1v) is 6.94. The molecule has 21 heavy (non-hydrogen) atoms. The van der Waals surface area contributed by atoms with E-state index in [0.29, 0.717) is 31.6 Å². The minimum atomic E-state index is -0.332. The Kier molecular flexibility index (Phi) is 5.32. The van der Waals surface area contributed by atoms with Crippen molar-refractivity contribution < 1.29 is 14.3 Å². The summed E-state index contributed by atoms with van der Waals surface area (Å²) in [5, 5.41) is 8.70. The number of piperazine rings is 1. The molecule has 1 amide bonds. The van der Waals surface area contributed by atoms with Gasteiger partial charge in [-0.1, -0.05) is 11.8 Å². The zero-order valence-corrected chi connectivity index (χ0v) is 12.1. The van der Waals surface area contributed by atoms with Crippen LogP contribution in [-0.4, -0.2) is 54.1 Å². The van der Waals surface area contributed by atoms with Crippen molar-refractivity contribution >= 4 is 5.91 Å². The number of hydrogen-bond acceptors (Lipinski definition) is 3. The lowest BCUT2D eigenvalue weighted by molar-refractivity contribution is -0.134. The number of benzene rings is 1. The summed E-state index contributed by atoms with van der Waals surface area (Å²) in [7, 11) is 1.79. The van der Waals surface area contributed by atoms with Crippen LogP contribution in [-0.2, 0) is 11.3 Å². The van der Waals surface area contributed by atoms with Gasteiger partial charge in [0.2, 0.25) is 5.91 Å². The van der Waals surface area contributed by atoms with Gasteiger partial charge in [0.1, 0.15) is 5.82 Å². The second-order valence-electron chi connectivity index (χ2n) is 5.15. The van der Waals surface area contributed by atoms with Crippen LogP contribution in [0.3, 0.4) is 0 Å². The van der Waals surface area contributed by atoms with E-state index in [9.17, 15) is 9.18 Å². The van der Waals surface area contributed by atoms with Crippen molar-refractivity contribution in [3.63, 3.8) is 0 Å². The van der Waals surface area contributed by atoms with E-state index < -0.39 is 0 Å². The van der Waals surface area contributed by atoms with Gasteiger partial charge in [0.05, 0.1) is 13.2 Å². The number of aliphatic hydroxyl groups excluding tert-OH is 1. The Morgan fingerprint density at radius 2 is 2.14 bits per heavy atom. The molecule has 2 rings (SSSR count). The Labute approximate surface area is 124 Å². The Bertz CT molecular complexity index is 577. The second kappa shape index (κ2) is 7.21. The van der Waals surface area contributed by atoms with E-state index in [1.54, 1.807) is 11.9 Å². The first-order valence-electron chi connectivity index (χ1n) is 6.94. The molecule has 5 heteroatoms. The summed E-state index contributed by atoms with van der Waals surface area (Å²) < 4.78 is 13.6. The van der Waals surface area contributed by atoms with Gasteiger partial charge >= 0.3 is 0 Å². The predicted molar refractivity (Wildman–Crippen MR) is 77.9 cm³/mol. The normalized spacial score (nSPS) is 15.8. The highest BCUT2D eigenvalue weighted by Gasteiger charge is 2.20. The summed E-state index contributed by atoms with van der Waals surface area (Å²) in [6.45, 7) is 2.37. The molecule has 1 N–H and O–H groups in total. The van der Waals surface area contributed by atoms with E-state index in [1.165, 1.54) is 12.1 Å². The first-order chi connectivity index (χ1) is 10.1. The molecule has 1 fully saturated rings. The Balaban J connectivity index is 2.06. The molecular weight excluding hydrogens is 271 g/mol. The molecule has 1 aliphatic heterocycles. The Morgan fingerprint density at radius 3 is 2.86 bits per heavy atom. The maximum atomic E-state index is 13.6. The van der Waals surface area contributed by atoms with Crippen LogP contribution in [0.5, 0.6) is 0 Å². The molecule has 0 bridgehead atoms. The average molecular weight is 290 g/mol. The molecule has 0 saturated carbocycles. The molecule has 1 aliphatic rings. The van der Waals surface area contributed by atoms with E-state index in [4.69, 9.17) is 5.11 Å². The largest absolute Gasteiger partial charge is 0.395 e. The van der Waals surface area contributed by atoms with Crippen LogP contribution in [0.2, 0.25) is 0 Å². The molecule has 0 aromatic heterocycles. The fourth-order valence-corrected chi connectivity index (χ4v) is 2.23. The van der Waals surface area contributed by atoms with E-state index in [-0.39, 0.29) is 18.3 Å². The highest BCUT2D eigenvalue weighted by atomic mass is 19.1. The molecule has 0 atom stereocenters. The maximum Gasteiger partial charge on any atom is 0.236 e. The molecule has 1 heterocycles. The van der Waals surface area contributed by atoms with Crippen LogP contribution >= 0.6 is 0 Å². The van der Waals surface area contributed by atoms with Crippen LogP contribution in [0.4, 0.5) is 4.39 Å². The fraction of sp³-hybridized carbons (Fsp3) is 0.438. The minimum absolute atomic E-state index is 0.00141. The number of aliphatic hydroxyl groups is 1. The van der Waals surface area contributed by atoms with Crippen LogP contribution in [0.1, 0.15) is 17.5 Å². The minimum Gasteiger partial charge on any atom is -0.395 e. The van der Waals surface area contributed by atoms with Crippen LogP contribution in [0, 0.1) is 17.7 Å². The molecule has 0 spiro atoms. The van der Waals surface area contributed by atoms with Gasteiger partial charge in [0, 0.05) is 38.7 Å². The second-order valence-corrected chi connectivity index (χ2v) is 5.15. The maximum absolute atomic E-state index is 13.6. The lowest BCUT2D eigenvalue weighted by Crippen LogP contribution is -2.47. The number of rotatable bonds is 3. The highest BCUT2D eigenvalue weighted by Crippen LogP contribution is 2.13. The molecule has 1 aromatic carbocycles. The summed E-state index contributed by atoms with van der Waals surface area (Å²) in [5.74, 6) is 5.37. The van der Waals surface area contributed by atoms with Crippen LogP contribution < -0.4 is 0 Å². The van der Waals surface area contributed by atoms with Gasteiger partial charge in [-0.3, -0.25) is 9.69 Å². The van der Waals surface area contributed by atoms with Crippen molar-refractivity contribution in [2.24, 2.45) is 0 Å². The van der Waals surface area contributed by atoms with Crippen molar-refractivity contribution in [1.82, 2.24) is 9.80 Å². The van der Waals surface area contributed by atoms with E-state index in [1.807, 2.05) is 11.0 Å². The Hall–Kier alpha value is -1.90. The van der Waals surface area contributed by atoms with Crippen molar-refractivity contribution in [1.29, 1.82) is 0 Å². The molecule has 1 aromatic rings. The lowest BCUT2D eigenvalue weighted by Gasteiger charge is -2.31. The molecule has 4 nitrogen and oxygen atoms in total. The molecule has 0 radical (unpaired) electrons. The van der Waals surface area contributed by atoms with Crippen LogP contribution in [0.25, 0.3) is 0 Å². The molecule has 0 aliphatic carbocycles. The van der Waals surface area contributed by atoms with E-state index >= 15 is 0 Å². The standard InChI is InChI=1S/C16H19FN2O2/c1-18-5-6-19(12-16(18)21)11-14-8-13(4-2-3-7-20)9-15(17)10-14/h8-10,20H,3,5-7,11-12H2,1H3. The van der Waals surface area contributed by atoms with Crippen molar-refractivity contribution in [3.8, 4) is 11.8 Å². The first kappa shape index (κ1) is 15.5. The average Bonchev–Trinajstić information content (AvgIpc) is 2.43. The lowest BCUT2D eigenvalue weighted by atomic mass is 10.1. The third-order valence-corrected chi connectivity index (χ3v) is 3.37. The smallest absolute Gasteiger partial charge is 0.236 e. The van der Waals surface area contributed by atoms with E-state index in [2.05, 4.69) is 11.8 Å². The van der Waals surface area contributed by atoms with Crippen LogP contribution in [0.15, 0.2) is 18.2 Å². The van der Waals surface area contributed by atoms with Gasteiger partial charge in [0.15, 0.2) is 0 Å². The van der Waals surface area contributed by atoms with E-state index in [0.717, 1.165) is 12.1 Å². The summed E-state index contributed by atoms with van der Waals surface area (Å²) in [6.07, 6.45) is 0.374. The molecule has 112 valence electrons. The molecule has 0 unspecified atom stereocenters. The zero-order chi connectivity index (χ0) is 15.2. The van der Waals surface area contributed by atoms with Gasteiger partial charge in [0.25, 0.3) is 0 Å². The van der Waals surface area contributed by atoms with Crippen molar-refractivity contribution in [3.05, 3.63) is 35.1 Å². The Morgan fingerprint density at radius 1 is 1.33 bits per heavy atom. The zero-order valence-electron chi connectivity index (χ0n) is 12.1. The predicted octanol–water partition coefficient (Wildman–Crippen LogP) is 0.834. The van der Waals surface area contributed by atoms with Gasteiger partial charge in [-0.2, -0.15) is 0 Å². The van der Waals surface area contributed by atoms with Gasteiger partial charge in [-0.15, -0.1) is 0 Å². The third-order valence-electron chi connectivity index (χ3n) is 3.37. The topological polar surface area (TPSA) is 43.8 Å². The third kappa shape index (κ3) is 4.55. The molecular formula is C16H19FN2O2. The SMILES string of the molecule is CN1CCN(Cc2cc(F)cc(C#CCCO)c2)CC1=O. The number of halogens is 1. The summed E-state index contributed by atoms with van der Waals surface area (Å²) in [6, 6.07) is 4.68. The monoisotopic (exact) mass is 290 g/mol. The van der Waals surface area contributed by atoms with Crippen molar-refractivity contribution in [2.45, 2.75) is 13.0 Å². The number of amides is 1. The number of carbonyl (C=O) groups is 1. The van der Waals surface area contributed by atoms with Gasteiger partial charge in [-0.25, -0.2) is 4.39 Å². The molecule has 1 saturated heterocycles. The quantitative estimate of drug-likeness (QED) is 0.839. The fourth-order valence-electron chi connectivity index (χ4n) is 2.23. The number of hydrogen-bond donors (Lipinski definition) is 1. The van der Waals surface area contributed by atoms with Crippen molar-refractivity contribution in [2.75, 3.05) is 33.3 Å². The summed E-state index contributed by atoms with van der Waals surface area (Å²) in [4.78, 5) is 15.4. The summed E-state index contributed by atoms with van der Waals surface area (Å²) in [5.41, 5.74) is 1.40. The number of likely N-dealkylation sites (N-methyl/N-ethyl adjacent to an activating group) is 1. The summed E-state index contributed by atoms with van der Waals surface area (Å²) >= 11 is 0. The van der Waals surface area contributed by atoms with Gasteiger partial charge in [-0.05, 0) is 23.8 Å². The number of carbonyl (C=O) groups excluding carboxylic acids is 1. The van der Waals surface area contributed by atoms with Gasteiger partial charge < -0.3 is 10.0 Å². The highest BCUT2D eigenvalue weighted by molar-refractivity contribution is 5.78. The number of nitrogens with zero attached hydrogens (tertiary/aromatic N) is 2.